The molecule has 0 aromatic carbocycles. The van der Waals surface area contributed by atoms with Gasteiger partial charge >= 0.3 is 0 Å². The molecule has 0 saturated carbocycles. The molecule has 1 atom stereocenters. The van der Waals surface area contributed by atoms with Crippen molar-refractivity contribution in [1.82, 2.24) is 9.88 Å². The highest BCUT2D eigenvalue weighted by Crippen LogP contribution is 2.29. The van der Waals surface area contributed by atoms with E-state index in [0.717, 1.165) is 19.5 Å². The molecule has 120 valence electrons. The van der Waals surface area contributed by atoms with E-state index in [1.807, 2.05) is 6.07 Å². The highest BCUT2D eigenvalue weighted by Gasteiger charge is 2.28. The van der Waals surface area contributed by atoms with Gasteiger partial charge < -0.3 is 4.74 Å². The molecule has 22 heavy (non-hydrogen) atoms. The molecule has 1 fully saturated rings. The summed E-state index contributed by atoms with van der Waals surface area (Å²) in [6.45, 7) is 9.47. The van der Waals surface area contributed by atoms with Gasteiger partial charge in [-0.05, 0) is 56.1 Å². The van der Waals surface area contributed by atoms with Gasteiger partial charge in [-0.1, -0.05) is 11.6 Å². The lowest BCUT2D eigenvalue weighted by atomic mass is 9.94. The van der Waals surface area contributed by atoms with Gasteiger partial charge in [-0.15, -0.1) is 0 Å². The average Bonchev–Trinajstić information content (AvgIpc) is 2.47. The van der Waals surface area contributed by atoms with Crippen LogP contribution in [-0.2, 0) is 0 Å². The summed E-state index contributed by atoms with van der Waals surface area (Å²) in [5.74, 6) is 0.959. The second-order valence-corrected chi connectivity index (χ2v) is 7.87. The molecule has 1 aromatic heterocycles. The largest absolute Gasteiger partial charge is 0.490 e. The molecule has 4 nitrogen and oxygen atoms in total. The molecule has 1 aliphatic heterocycles. The minimum absolute atomic E-state index is 0.182. The summed E-state index contributed by atoms with van der Waals surface area (Å²) in [5.41, 5.74) is 0.415. The molecular formula is C16H21BrClN3O. The van der Waals surface area contributed by atoms with Crippen LogP contribution in [0.3, 0.4) is 0 Å². The topological polar surface area (TPSA) is 49.1 Å². The lowest BCUT2D eigenvalue weighted by Crippen LogP contribution is -2.48. The van der Waals surface area contributed by atoms with Gasteiger partial charge in [-0.25, -0.2) is 4.98 Å². The van der Waals surface area contributed by atoms with Gasteiger partial charge in [0.15, 0.2) is 11.4 Å². The number of nitrogens with zero attached hydrogens (tertiary/aromatic N) is 3. The number of rotatable bonds is 3. The quantitative estimate of drug-likeness (QED) is 0.728. The Kier molecular flexibility index (Phi) is 5.70. The summed E-state index contributed by atoms with van der Waals surface area (Å²) < 4.78 is 6.51. The second-order valence-electron chi connectivity index (χ2n) is 6.66. The van der Waals surface area contributed by atoms with E-state index in [1.54, 1.807) is 6.07 Å². The van der Waals surface area contributed by atoms with Crippen LogP contribution >= 0.6 is 27.5 Å². The van der Waals surface area contributed by atoms with E-state index in [1.165, 1.54) is 6.42 Å². The van der Waals surface area contributed by atoms with Crippen molar-refractivity contribution in [1.29, 1.82) is 5.26 Å². The maximum Gasteiger partial charge on any atom is 0.184 e. The van der Waals surface area contributed by atoms with Gasteiger partial charge in [0.05, 0.1) is 11.1 Å². The minimum Gasteiger partial charge on any atom is -0.490 e. The maximum absolute atomic E-state index is 9.14. The van der Waals surface area contributed by atoms with Crippen molar-refractivity contribution in [3.63, 3.8) is 0 Å². The predicted molar refractivity (Wildman–Crippen MR) is 91.2 cm³/mol. The summed E-state index contributed by atoms with van der Waals surface area (Å²) in [4.78, 5) is 6.52. The van der Waals surface area contributed by atoms with Crippen molar-refractivity contribution in [2.75, 3.05) is 19.7 Å². The predicted octanol–water partition coefficient (Wildman–Crippen LogP) is 4.26. The van der Waals surface area contributed by atoms with Crippen molar-refractivity contribution >= 4 is 27.5 Å². The number of ether oxygens (including phenoxy) is 1. The first-order valence-corrected chi connectivity index (χ1v) is 8.62. The van der Waals surface area contributed by atoms with E-state index < -0.39 is 0 Å². The fraction of sp³-hybridized carbons (Fsp3) is 0.625. The van der Waals surface area contributed by atoms with Crippen LogP contribution in [0.1, 0.15) is 39.3 Å². The minimum atomic E-state index is 0.182. The molecule has 0 spiro atoms. The smallest absolute Gasteiger partial charge is 0.184 e. The molecule has 6 heteroatoms. The molecule has 1 saturated heterocycles. The molecule has 0 aliphatic carbocycles. The van der Waals surface area contributed by atoms with Crippen molar-refractivity contribution in [2.45, 2.75) is 39.2 Å². The zero-order valence-corrected chi connectivity index (χ0v) is 15.5. The molecule has 0 N–H and O–H groups in total. The Hall–Kier alpha value is -0.830. The Balaban J connectivity index is 2.01. The number of hydrogen-bond acceptors (Lipinski definition) is 4. The van der Waals surface area contributed by atoms with Crippen LogP contribution in [0, 0.1) is 17.2 Å². The van der Waals surface area contributed by atoms with Gasteiger partial charge in [0.1, 0.15) is 11.2 Å². The number of likely N-dealkylation sites (tertiary alicyclic amines) is 1. The Labute approximate surface area is 145 Å². The van der Waals surface area contributed by atoms with E-state index in [-0.39, 0.29) is 16.4 Å². The Morgan fingerprint density at radius 1 is 1.55 bits per heavy atom. The molecule has 1 aliphatic rings. The van der Waals surface area contributed by atoms with Crippen molar-refractivity contribution in [3.05, 3.63) is 21.4 Å². The highest BCUT2D eigenvalue weighted by molar-refractivity contribution is 9.10. The lowest BCUT2D eigenvalue weighted by molar-refractivity contribution is 0.0606. The van der Waals surface area contributed by atoms with Gasteiger partial charge in [-0.2, -0.15) is 5.26 Å². The van der Waals surface area contributed by atoms with E-state index in [9.17, 15) is 0 Å². The third-order valence-corrected chi connectivity index (χ3v) is 5.07. The average molecular weight is 387 g/mol. The third kappa shape index (κ3) is 4.34. The van der Waals surface area contributed by atoms with Crippen molar-refractivity contribution in [3.8, 4) is 11.8 Å². The SMILES string of the molecule is CC(C)(C)N1CCC[C@@H](COc2cc(Br)c(Cl)nc2C#N)C1. The normalized spacial score (nSPS) is 19.7. The highest BCUT2D eigenvalue weighted by atomic mass is 79.9. The molecule has 2 heterocycles. The Bertz CT molecular complexity index is 580. The number of halogens is 2. The van der Waals surface area contributed by atoms with E-state index >= 15 is 0 Å². The molecule has 0 amide bonds. The fourth-order valence-corrected chi connectivity index (χ4v) is 3.09. The Morgan fingerprint density at radius 3 is 2.91 bits per heavy atom. The number of nitriles is 1. The summed E-state index contributed by atoms with van der Waals surface area (Å²) in [6.07, 6.45) is 2.33. The third-order valence-electron chi connectivity index (χ3n) is 3.95. The summed E-state index contributed by atoms with van der Waals surface area (Å²) in [7, 11) is 0. The van der Waals surface area contributed by atoms with E-state index in [4.69, 9.17) is 21.6 Å². The van der Waals surface area contributed by atoms with Crippen LogP contribution in [0.2, 0.25) is 5.15 Å². The fourth-order valence-electron chi connectivity index (χ4n) is 2.66. The van der Waals surface area contributed by atoms with Crippen molar-refractivity contribution in [2.24, 2.45) is 5.92 Å². The molecule has 0 radical (unpaired) electrons. The first kappa shape index (κ1) is 17.5. The zero-order chi connectivity index (χ0) is 16.3. The van der Waals surface area contributed by atoms with Crippen LogP contribution in [0.15, 0.2) is 10.5 Å². The lowest BCUT2D eigenvalue weighted by Gasteiger charge is -2.41. The van der Waals surface area contributed by atoms with E-state index in [0.29, 0.717) is 22.7 Å². The maximum atomic E-state index is 9.14. The van der Waals surface area contributed by atoms with Gasteiger partial charge in [0.25, 0.3) is 0 Å². The zero-order valence-electron chi connectivity index (χ0n) is 13.2. The van der Waals surface area contributed by atoms with Crippen LogP contribution in [0.4, 0.5) is 0 Å². The van der Waals surface area contributed by atoms with Crippen LogP contribution < -0.4 is 4.74 Å². The molecular weight excluding hydrogens is 366 g/mol. The number of pyridine rings is 1. The van der Waals surface area contributed by atoms with Crippen LogP contribution in [0.5, 0.6) is 5.75 Å². The van der Waals surface area contributed by atoms with Gasteiger partial charge in [-0.3, -0.25) is 4.90 Å². The monoisotopic (exact) mass is 385 g/mol. The molecule has 0 bridgehead atoms. The number of piperidine rings is 1. The molecule has 0 unspecified atom stereocenters. The molecule has 2 rings (SSSR count). The Morgan fingerprint density at radius 2 is 2.27 bits per heavy atom. The van der Waals surface area contributed by atoms with Crippen LogP contribution in [0.25, 0.3) is 0 Å². The van der Waals surface area contributed by atoms with E-state index in [2.05, 4.69) is 46.6 Å². The van der Waals surface area contributed by atoms with Crippen LogP contribution in [-0.4, -0.2) is 35.1 Å². The first-order chi connectivity index (χ1) is 10.3. The number of hydrogen-bond donors (Lipinski definition) is 0. The summed E-state index contributed by atoms with van der Waals surface area (Å²) in [5, 5.41) is 9.42. The second kappa shape index (κ2) is 7.16. The van der Waals surface area contributed by atoms with Gasteiger partial charge in [0, 0.05) is 24.1 Å². The summed E-state index contributed by atoms with van der Waals surface area (Å²) in [6, 6.07) is 3.75. The number of aromatic nitrogens is 1. The van der Waals surface area contributed by atoms with Gasteiger partial charge in [0.2, 0.25) is 0 Å². The van der Waals surface area contributed by atoms with Crippen molar-refractivity contribution < 1.29 is 4.74 Å². The molecule has 1 aromatic rings. The summed E-state index contributed by atoms with van der Waals surface area (Å²) >= 11 is 9.23. The standard InChI is InChI=1S/C16H21BrClN3O/c1-16(2,3)21-6-4-5-11(9-21)10-22-14-7-12(17)15(18)20-13(14)8-19/h7,11H,4-6,9-10H2,1-3H3/t11-/m1/s1. The first-order valence-electron chi connectivity index (χ1n) is 7.45.